The molecule has 3 aromatic heterocycles. The zero-order valence-electron chi connectivity index (χ0n) is 33.2. The van der Waals surface area contributed by atoms with Gasteiger partial charge in [-0.25, -0.2) is 41.3 Å². The SMILES string of the molecule is O=C(N[C@@H](Cc1ccc(-n2c(=O)[nH]c3cnccc3c2=O)cc1)C(=O)OC1CCCCC1)c1cc(F)c(NS(=O)(=O)c2ccc(-c3cnc(C4CCOCC4)nc3)cc2)cc1F. The van der Waals surface area contributed by atoms with E-state index in [2.05, 4.69) is 30.0 Å². The number of ether oxygens (including phenoxy) is 2. The Bertz CT molecular complexity index is 2840. The number of benzene rings is 3. The van der Waals surface area contributed by atoms with Crippen LogP contribution in [-0.2, 0) is 30.7 Å². The number of anilines is 1. The molecular formula is C44H41F2N7O8S. The van der Waals surface area contributed by atoms with Gasteiger partial charge in [0.2, 0.25) is 0 Å². The average molecular weight is 866 g/mol. The molecule has 1 aliphatic heterocycles. The fraction of sp³-hybridized carbons (Fsp3) is 0.295. The van der Waals surface area contributed by atoms with Crippen molar-refractivity contribution < 1.29 is 36.3 Å². The zero-order chi connectivity index (χ0) is 43.4. The van der Waals surface area contributed by atoms with Gasteiger partial charge in [0.15, 0.2) is 0 Å². The van der Waals surface area contributed by atoms with Crippen LogP contribution in [-0.4, -0.2) is 70.2 Å². The van der Waals surface area contributed by atoms with Crippen LogP contribution in [0.2, 0.25) is 0 Å². The molecule has 2 aliphatic rings. The monoisotopic (exact) mass is 865 g/mol. The summed E-state index contributed by atoms with van der Waals surface area (Å²) < 4.78 is 71.9. The molecule has 15 nitrogen and oxygen atoms in total. The number of hydrogen-bond donors (Lipinski definition) is 3. The quantitative estimate of drug-likeness (QED) is 0.127. The predicted octanol–water partition coefficient (Wildman–Crippen LogP) is 5.72. The van der Waals surface area contributed by atoms with Gasteiger partial charge in [0.1, 0.15) is 29.6 Å². The van der Waals surface area contributed by atoms with E-state index in [4.69, 9.17) is 9.47 Å². The molecule has 1 aliphatic carbocycles. The Kier molecular flexibility index (Phi) is 12.3. The third kappa shape index (κ3) is 9.30. The van der Waals surface area contributed by atoms with E-state index in [1.807, 2.05) is 0 Å². The summed E-state index contributed by atoms with van der Waals surface area (Å²) in [7, 11) is -4.42. The molecule has 6 aromatic rings. The number of aromatic nitrogens is 5. The Labute approximate surface area is 353 Å². The molecule has 4 heterocycles. The van der Waals surface area contributed by atoms with E-state index in [0.29, 0.717) is 60.7 Å². The number of rotatable bonds is 12. The number of fused-ring (bicyclic) bond motifs is 1. The number of carbonyl (C=O) groups excluding carboxylic acids is 2. The molecule has 3 N–H and O–H groups in total. The Morgan fingerprint density at radius 3 is 2.29 bits per heavy atom. The number of amides is 1. The number of hydrogen-bond acceptors (Lipinski definition) is 11. The minimum Gasteiger partial charge on any atom is -0.461 e. The molecule has 8 rings (SSSR count). The Hall–Kier alpha value is -6.66. The summed E-state index contributed by atoms with van der Waals surface area (Å²) in [6.45, 7) is 1.30. The van der Waals surface area contributed by atoms with E-state index in [1.54, 1.807) is 36.7 Å². The number of H-pyrrole nitrogens is 1. The van der Waals surface area contributed by atoms with E-state index in [9.17, 15) is 27.6 Å². The number of carbonyl (C=O) groups is 2. The van der Waals surface area contributed by atoms with Gasteiger partial charge in [-0.2, -0.15) is 0 Å². The van der Waals surface area contributed by atoms with Gasteiger partial charge in [-0.1, -0.05) is 30.7 Å². The summed E-state index contributed by atoms with van der Waals surface area (Å²) >= 11 is 0. The second-order valence-electron chi connectivity index (χ2n) is 15.2. The molecule has 62 heavy (non-hydrogen) atoms. The number of aromatic amines is 1. The van der Waals surface area contributed by atoms with E-state index in [0.717, 1.165) is 36.7 Å². The molecule has 18 heteroatoms. The summed E-state index contributed by atoms with van der Waals surface area (Å²) in [6.07, 6.45) is 11.2. The molecule has 1 amide bonds. The molecule has 1 saturated carbocycles. The molecule has 0 bridgehead atoms. The van der Waals surface area contributed by atoms with Crippen LogP contribution in [0.1, 0.15) is 72.6 Å². The minimum atomic E-state index is -4.42. The van der Waals surface area contributed by atoms with Crippen LogP contribution in [0.5, 0.6) is 0 Å². The molecule has 320 valence electrons. The van der Waals surface area contributed by atoms with Crippen molar-refractivity contribution in [2.75, 3.05) is 17.9 Å². The Morgan fingerprint density at radius 2 is 1.58 bits per heavy atom. The average Bonchev–Trinajstić information content (AvgIpc) is 3.28. The lowest BCUT2D eigenvalue weighted by molar-refractivity contribution is -0.152. The molecule has 3 aromatic carbocycles. The maximum atomic E-state index is 15.6. The van der Waals surface area contributed by atoms with Crippen molar-refractivity contribution in [1.82, 2.24) is 29.8 Å². The van der Waals surface area contributed by atoms with Crippen molar-refractivity contribution in [2.45, 2.75) is 74.3 Å². The zero-order valence-corrected chi connectivity index (χ0v) is 34.0. The summed E-state index contributed by atoms with van der Waals surface area (Å²) in [5, 5.41) is 2.71. The Balaban J connectivity index is 0.970. The van der Waals surface area contributed by atoms with E-state index < -0.39 is 62.1 Å². The van der Waals surface area contributed by atoms with Crippen molar-refractivity contribution in [2.24, 2.45) is 0 Å². The van der Waals surface area contributed by atoms with Crippen molar-refractivity contribution >= 4 is 38.5 Å². The van der Waals surface area contributed by atoms with Crippen molar-refractivity contribution in [1.29, 1.82) is 0 Å². The molecule has 2 fully saturated rings. The van der Waals surface area contributed by atoms with Crippen molar-refractivity contribution in [3.05, 3.63) is 141 Å². The lowest BCUT2D eigenvalue weighted by Crippen LogP contribution is -2.45. The predicted molar refractivity (Wildman–Crippen MR) is 223 cm³/mol. The first kappa shape index (κ1) is 42.0. The van der Waals surface area contributed by atoms with Gasteiger partial charge in [0.05, 0.1) is 38.9 Å². The van der Waals surface area contributed by atoms with Gasteiger partial charge in [0, 0.05) is 55.8 Å². The lowest BCUT2D eigenvalue weighted by atomic mass is 9.97. The van der Waals surface area contributed by atoms with Crippen molar-refractivity contribution in [3.8, 4) is 16.8 Å². The van der Waals surface area contributed by atoms with Gasteiger partial charge in [-0.15, -0.1) is 0 Å². The van der Waals surface area contributed by atoms with Crippen LogP contribution in [0.3, 0.4) is 0 Å². The lowest BCUT2D eigenvalue weighted by Gasteiger charge is -2.25. The Morgan fingerprint density at radius 1 is 0.871 bits per heavy atom. The van der Waals surface area contributed by atoms with Crippen LogP contribution in [0.25, 0.3) is 27.7 Å². The van der Waals surface area contributed by atoms with Gasteiger partial charge in [-0.05, 0) is 86.1 Å². The first-order valence-corrected chi connectivity index (χ1v) is 21.6. The van der Waals surface area contributed by atoms with E-state index >= 15 is 8.78 Å². The molecule has 1 saturated heterocycles. The van der Waals surface area contributed by atoms with Crippen LogP contribution in [0, 0.1) is 11.6 Å². The van der Waals surface area contributed by atoms with Crippen molar-refractivity contribution in [3.63, 3.8) is 0 Å². The maximum Gasteiger partial charge on any atom is 0.333 e. The van der Waals surface area contributed by atoms with Gasteiger partial charge in [0.25, 0.3) is 21.5 Å². The van der Waals surface area contributed by atoms with Crippen LogP contribution < -0.4 is 21.3 Å². The summed E-state index contributed by atoms with van der Waals surface area (Å²) in [5.74, 6) is -3.52. The topological polar surface area (TPSA) is 204 Å². The maximum absolute atomic E-state index is 15.6. The molecule has 1 atom stereocenters. The first-order chi connectivity index (χ1) is 29.9. The number of halogens is 2. The normalized spacial score (nSPS) is 15.5. The third-order valence-corrected chi connectivity index (χ3v) is 12.4. The third-order valence-electron chi connectivity index (χ3n) is 11.1. The number of nitrogens with zero attached hydrogens (tertiary/aromatic N) is 4. The molecule has 0 unspecified atom stereocenters. The van der Waals surface area contributed by atoms with Gasteiger partial charge < -0.3 is 19.8 Å². The number of sulfonamides is 1. The number of nitrogens with one attached hydrogen (secondary N) is 3. The summed E-state index contributed by atoms with van der Waals surface area (Å²) in [6, 6.07) is 13.0. The second kappa shape index (κ2) is 18.1. The van der Waals surface area contributed by atoms with Crippen LogP contribution in [0.15, 0.2) is 106 Å². The highest BCUT2D eigenvalue weighted by Gasteiger charge is 2.29. The molecule has 0 spiro atoms. The largest absolute Gasteiger partial charge is 0.461 e. The summed E-state index contributed by atoms with van der Waals surface area (Å²) in [4.78, 5) is 68.4. The summed E-state index contributed by atoms with van der Waals surface area (Å²) in [5.41, 5.74) is -0.489. The fourth-order valence-electron chi connectivity index (χ4n) is 7.66. The number of pyridine rings is 1. The highest BCUT2D eigenvalue weighted by molar-refractivity contribution is 7.92. The fourth-order valence-corrected chi connectivity index (χ4v) is 8.72. The second-order valence-corrected chi connectivity index (χ2v) is 16.9. The molecular weight excluding hydrogens is 825 g/mol. The highest BCUT2D eigenvalue weighted by atomic mass is 32.2. The molecule has 0 radical (unpaired) electrons. The van der Waals surface area contributed by atoms with Gasteiger partial charge in [-0.3, -0.25) is 19.3 Å². The van der Waals surface area contributed by atoms with E-state index in [1.165, 1.54) is 42.7 Å². The highest BCUT2D eigenvalue weighted by Crippen LogP contribution is 2.28. The first-order valence-electron chi connectivity index (χ1n) is 20.2. The standard InChI is InChI=1S/C44H41F2N7O8S/c45-35-22-37(52-62(58,59)32-12-8-27(9-13-32)29-23-48-40(49-24-29)28-15-18-60-19-16-28)36(46)21-34(35)41(54)50-38(43(56)61-31-4-2-1-3-5-31)20-26-6-10-30(11-7-26)53-42(55)33-14-17-47-25-39(33)51-44(53)57/h6-14,17,21-25,28,31,38,52H,1-5,15-16,18-20H2,(H,50,54)(H,51,57)/t38-/m0/s1. The number of esters is 1. The van der Waals surface area contributed by atoms with Crippen LogP contribution >= 0.6 is 0 Å². The van der Waals surface area contributed by atoms with Crippen LogP contribution in [0.4, 0.5) is 14.5 Å². The minimum absolute atomic E-state index is 0.151. The van der Waals surface area contributed by atoms with E-state index in [-0.39, 0.29) is 39.9 Å². The van der Waals surface area contributed by atoms with Gasteiger partial charge >= 0.3 is 11.7 Å². The smallest absolute Gasteiger partial charge is 0.333 e.